The van der Waals surface area contributed by atoms with Crippen LogP contribution in [0.15, 0.2) is 42.1 Å². The molecule has 5 heteroatoms. The number of ether oxygens (including phenoxy) is 2. The van der Waals surface area contributed by atoms with Gasteiger partial charge in [0, 0.05) is 12.6 Å². The lowest BCUT2D eigenvalue weighted by atomic mass is 10.1. The Balaban J connectivity index is 0.00000127. The lowest BCUT2D eigenvalue weighted by molar-refractivity contribution is 0.101. The molecule has 0 unspecified atom stereocenters. The van der Waals surface area contributed by atoms with Crippen LogP contribution in [0.3, 0.4) is 0 Å². The molecular formula is C18H26N2O3. The van der Waals surface area contributed by atoms with Gasteiger partial charge in [-0.3, -0.25) is 4.79 Å². The zero-order valence-corrected chi connectivity index (χ0v) is 14.6. The average Bonchev–Trinajstić information content (AvgIpc) is 2.58. The van der Waals surface area contributed by atoms with Crippen molar-refractivity contribution in [3.8, 4) is 5.75 Å². The number of carbonyl (C=O) groups excluding carboxylic acids is 1. The van der Waals surface area contributed by atoms with Gasteiger partial charge in [0.2, 0.25) is 5.76 Å². The SMILES string of the molecule is C=C(Oc1cc(C(C)=O)ccc1C)C1=C(NC)NCCO1.CC. The van der Waals surface area contributed by atoms with Gasteiger partial charge in [-0.1, -0.05) is 32.6 Å². The second-order valence-electron chi connectivity index (χ2n) is 4.79. The molecule has 1 heterocycles. The molecule has 0 bridgehead atoms. The van der Waals surface area contributed by atoms with Crippen LogP contribution in [0.4, 0.5) is 0 Å². The molecule has 126 valence electrons. The molecule has 1 aliphatic rings. The molecule has 1 aromatic rings. The van der Waals surface area contributed by atoms with E-state index in [0.717, 1.165) is 17.9 Å². The standard InChI is InChI=1S/C16H20N2O3.C2H6/c1-10-5-6-13(11(2)19)9-14(10)21-12(3)15-16(17-4)18-7-8-20-15;1-2/h5-6,9,17-18H,3,7-8H2,1-2,4H3;1-2H3. The van der Waals surface area contributed by atoms with Gasteiger partial charge in [0.15, 0.2) is 11.5 Å². The lowest BCUT2D eigenvalue weighted by Crippen LogP contribution is -2.34. The molecule has 23 heavy (non-hydrogen) atoms. The first kappa shape index (κ1) is 18.6. The van der Waals surface area contributed by atoms with Gasteiger partial charge in [0.05, 0.1) is 6.54 Å². The van der Waals surface area contributed by atoms with Crippen LogP contribution in [0.25, 0.3) is 0 Å². The highest BCUT2D eigenvalue weighted by Gasteiger charge is 2.18. The normalized spacial score (nSPS) is 13.1. The summed E-state index contributed by atoms with van der Waals surface area (Å²) in [6, 6.07) is 5.36. The zero-order valence-electron chi connectivity index (χ0n) is 14.6. The summed E-state index contributed by atoms with van der Waals surface area (Å²) in [5, 5.41) is 6.19. The van der Waals surface area contributed by atoms with E-state index in [1.54, 1.807) is 19.2 Å². The number of hydrogen-bond acceptors (Lipinski definition) is 5. The average molecular weight is 318 g/mol. The van der Waals surface area contributed by atoms with E-state index in [2.05, 4.69) is 17.2 Å². The minimum atomic E-state index is -0.00354. The maximum atomic E-state index is 11.5. The number of aryl methyl sites for hydroxylation is 1. The van der Waals surface area contributed by atoms with E-state index < -0.39 is 0 Å². The Labute approximate surface area is 138 Å². The topological polar surface area (TPSA) is 59.6 Å². The summed E-state index contributed by atoms with van der Waals surface area (Å²) >= 11 is 0. The summed E-state index contributed by atoms with van der Waals surface area (Å²) < 4.78 is 11.4. The first-order chi connectivity index (χ1) is 11.0. The molecule has 0 radical (unpaired) electrons. The molecule has 2 rings (SSSR count). The quantitative estimate of drug-likeness (QED) is 0.645. The summed E-state index contributed by atoms with van der Waals surface area (Å²) in [4.78, 5) is 11.5. The minimum absolute atomic E-state index is 0.00354. The summed E-state index contributed by atoms with van der Waals surface area (Å²) in [5.41, 5.74) is 1.53. The van der Waals surface area contributed by atoms with E-state index in [1.165, 1.54) is 6.92 Å². The van der Waals surface area contributed by atoms with Crippen molar-refractivity contribution in [3.63, 3.8) is 0 Å². The number of nitrogens with one attached hydrogen (secondary N) is 2. The van der Waals surface area contributed by atoms with E-state index >= 15 is 0 Å². The lowest BCUT2D eigenvalue weighted by Gasteiger charge is -2.24. The van der Waals surface area contributed by atoms with Crippen molar-refractivity contribution < 1.29 is 14.3 Å². The van der Waals surface area contributed by atoms with Crippen LogP contribution in [-0.2, 0) is 4.74 Å². The highest BCUT2D eigenvalue weighted by atomic mass is 16.5. The number of benzene rings is 1. The van der Waals surface area contributed by atoms with Crippen LogP contribution in [0.2, 0.25) is 0 Å². The third-order valence-corrected chi connectivity index (χ3v) is 3.21. The molecule has 0 amide bonds. The van der Waals surface area contributed by atoms with Crippen molar-refractivity contribution in [2.24, 2.45) is 0 Å². The van der Waals surface area contributed by atoms with Gasteiger partial charge in [-0.2, -0.15) is 0 Å². The van der Waals surface area contributed by atoms with Crippen LogP contribution in [0.5, 0.6) is 5.75 Å². The third-order valence-electron chi connectivity index (χ3n) is 3.21. The number of hydrogen-bond donors (Lipinski definition) is 2. The molecule has 2 N–H and O–H groups in total. The van der Waals surface area contributed by atoms with Gasteiger partial charge in [-0.15, -0.1) is 0 Å². The van der Waals surface area contributed by atoms with Crippen LogP contribution < -0.4 is 15.4 Å². The maximum absolute atomic E-state index is 11.5. The Morgan fingerprint density at radius 1 is 1.39 bits per heavy atom. The molecule has 1 aromatic carbocycles. The highest BCUT2D eigenvalue weighted by Crippen LogP contribution is 2.25. The van der Waals surface area contributed by atoms with Crippen molar-refractivity contribution in [1.29, 1.82) is 0 Å². The predicted molar refractivity (Wildman–Crippen MR) is 92.3 cm³/mol. The Hall–Kier alpha value is -2.43. The molecule has 0 saturated heterocycles. The largest absolute Gasteiger partial charge is 0.485 e. The van der Waals surface area contributed by atoms with Crippen molar-refractivity contribution in [1.82, 2.24) is 10.6 Å². The monoisotopic (exact) mass is 318 g/mol. The van der Waals surface area contributed by atoms with E-state index in [0.29, 0.717) is 29.4 Å². The fraction of sp³-hybridized carbons (Fsp3) is 0.389. The highest BCUT2D eigenvalue weighted by molar-refractivity contribution is 5.94. The van der Waals surface area contributed by atoms with Gasteiger partial charge in [-0.25, -0.2) is 0 Å². The molecule has 1 aliphatic heterocycles. The Morgan fingerprint density at radius 2 is 2.09 bits per heavy atom. The first-order valence-corrected chi connectivity index (χ1v) is 7.80. The molecule has 0 saturated carbocycles. The van der Waals surface area contributed by atoms with Gasteiger partial charge >= 0.3 is 0 Å². The molecule has 0 atom stereocenters. The zero-order chi connectivity index (χ0) is 17.4. The summed E-state index contributed by atoms with van der Waals surface area (Å²) in [6.07, 6.45) is 0. The van der Waals surface area contributed by atoms with Gasteiger partial charge in [-0.05, 0) is 25.5 Å². The molecule has 0 spiro atoms. The molecule has 5 nitrogen and oxygen atoms in total. The van der Waals surface area contributed by atoms with Crippen LogP contribution in [-0.4, -0.2) is 26.0 Å². The van der Waals surface area contributed by atoms with E-state index in [-0.39, 0.29) is 5.78 Å². The second-order valence-corrected chi connectivity index (χ2v) is 4.79. The molecule has 0 aromatic heterocycles. The van der Waals surface area contributed by atoms with Crippen molar-refractivity contribution in [2.75, 3.05) is 20.2 Å². The Kier molecular flexibility index (Phi) is 7.19. The van der Waals surface area contributed by atoms with Gasteiger partial charge in [0.1, 0.15) is 18.2 Å². The van der Waals surface area contributed by atoms with E-state index in [1.807, 2.05) is 26.8 Å². The molecule has 0 fully saturated rings. The van der Waals surface area contributed by atoms with Crippen LogP contribution in [0, 0.1) is 6.92 Å². The number of Topliss-reactive ketones (excluding diaryl/α,β-unsaturated/α-hetero) is 1. The fourth-order valence-corrected chi connectivity index (χ4v) is 2.01. The predicted octanol–water partition coefficient (Wildman–Crippen LogP) is 3.12. The Bertz CT molecular complexity index is 606. The molecular weight excluding hydrogens is 292 g/mol. The minimum Gasteiger partial charge on any atom is -0.485 e. The third kappa shape index (κ3) is 4.77. The summed E-state index contributed by atoms with van der Waals surface area (Å²) in [7, 11) is 1.80. The fourth-order valence-electron chi connectivity index (χ4n) is 2.01. The number of ketones is 1. The Morgan fingerprint density at radius 3 is 2.70 bits per heavy atom. The first-order valence-electron chi connectivity index (χ1n) is 7.80. The summed E-state index contributed by atoms with van der Waals surface area (Å²) in [5.74, 6) is 2.29. The molecule has 0 aliphatic carbocycles. The maximum Gasteiger partial charge on any atom is 0.201 e. The smallest absolute Gasteiger partial charge is 0.201 e. The number of carbonyl (C=O) groups is 1. The van der Waals surface area contributed by atoms with Gasteiger partial charge in [0.25, 0.3) is 0 Å². The van der Waals surface area contributed by atoms with Crippen molar-refractivity contribution >= 4 is 5.78 Å². The van der Waals surface area contributed by atoms with Gasteiger partial charge < -0.3 is 20.1 Å². The van der Waals surface area contributed by atoms with Crippen LogP contribution >= 0.6 is 0 Å². The van der Waals surface area contributed by atoms with Crippen molar-refractivity contribution in [3.05, 3.63) is 53.2 Å². The van der Waals surface area contributed by atoms with E-state index in [4.69, 9.17) is 9.47 Å². The second kappa shape index (κ2) is 8.88. The number of rotatable bonds is 5. The summed E-state index contributed by atoms with van der Waals surface area (Å²) in [6.45, 7) is 12.6. The van der Waals surface area contributed by atoms with Crippen molar-refractivity contribution in [2.45, 2.75) is 27.7 Å². The van der Waals surface area contributed by atoms with Crippen LogP contribution in [0.1, 0.15) is 36.7 Å². The van der Waals surface area contributed by atoms with E-state index in [9.17, 15) is 4.79 Å².